The van der Waals surface area contributed by atoms with Crippen LogP contribution < -0.4 is 31.9 Å². The van der Waals surface area contributed by atoms with Gasteiger partial charge < -0.3 is 41.7 Å². The molecule has 3 aromatic carbocycles. The highest BCUT2D eigenvalue weighted by Crippen LogP contribution is 2.16. The lowest BCUT2D eigenvalue weighted by Crippen LogP contribution is -2.56. The minimum Gasteiger partial charge on any atom is -0.480 e. The average Bonchev–Trinajstić information content (AvgIpc) is 3.25. The van der Waals surface area contributed by atoms with Gasteiger partial charge in [-0.05, 0) is 85.2 Å². The molecule has 0 radical (unpaired) electrons. The summed E-state index contributed by atoms with van der Waals surface area (Å²) in [6.07, 6.45) is 6.49. The van der Waals surface area contributed by atoms with Gasteiger partial charge in [0.2, 0.25) is 23.6 Å². The van der Waals surface area contributed by atoms with Gasteiger partial charge in [0.05, 0.1) is 13.5 Å². The lowest BCUT2D eigenvalue weighted by Gasteiger charge is -2.24. The van der Waals surface area contributed by atoms with Crippen LogP contribution in [0.2, 0.25) is 0 Å². The summed E-state index contributed by atoms with van der Waals surface area (Å²) < 4.78 is 4.73. The Bertz CT molecular complexity index is 2130. The largest absolute Gasteiger partial charge is 0.480 e. The number of ether oxygens (including phenoxy) is 1. The van der Waals surface area contributed by atoms with Crippen LogP contribution in [0.3, 0.4) is 0 Å². The van der Waals surface area contributed by atoms with E-state index in [4.69, 9.17) is 4.74 Å². The van der Waals surface area contributed by atoms with Crippen LogP contribution in [0.25, 0.3) is 6.08 Å². The Morgan fingerprint density at radius 1 is 0.738 bits per heavy atom. The van der Waals surface area contributed by atoms with Crippen molar-refractivity contribution in [1.82, 2.24) is 26.3 Å². The Morgan fingerprint density at radius 3 is 2.10 bits per heavy atom. The number of esters is 1. The molecule has 0 spiro atoms. The fourth-order valence-electron chi connectivity index (χ4n) is 6.02. The molecule has 0 aliphatic heterocycles. The number of hydrogen-bond acceptors (Lipinski definition) is 9. The molecule has 1 aromatic heterocycles. The first-order valence-corrected chi connectivity index (χ1v) is 19.7. The number of carbonyl (C=O) groups is 7. The normalized spacial score (nSPS) is 12.2. The summed E-state index contributed by atoms with van der Waals surface area (Å²) in [4.78, 5) is 94.1. The number of amides is 6. The van der Waals surface area contributed by atoms with Crippen LogP contribution in [0.1, 0.15) is 54.4 Å². The number of aromatic nitrogens is 1. The highest BCUT2D eigenvalue weighted by Gasteiger charge is 2.30. The van der Waals surface area contributed by atoms with Crippen molar-refractivity contribution in [2.75, 3.05) is 24.3 Å². The maximum absolute atomic E-state index is 13.9. The lowest BCUT2D eigenvalue weighted by atomic mass is 10.0. The van der Waals surface area contributed by atoms with E-state index in [2.05, 4.69) is 36.9 Å². The Hall–Kier alpha value is -7.36. The molecule has 3 unspecified atom stereocenters. The number of aryl methyl sites for hydroxylation is 1. The first-order valence-electron chi connectivity index (χ1n) is 19.7. The standard InChI is InChI=1S/C45H51N7O9/c1-30-11-6-7-15-35(30)52-45(60)48-34-20-17-32(18-21-34)28-40(54)49-36(16-8-9-26-47-39(53)23-19-33-14-10-25-46-29-33)42(56)50-37(22-24-41(55)61-2)43(57)51-38(44(58)59)27-31-12-4-3-5-13-31/h3-7,10-15,17-21,23,25,29,36-38H,8-9,16,22,24,26-28H2,1-2H3,(H,47,53)(H,49,54)(H,50,56)(H,51,57)(H,58,59)(H2,48,52,60)/b23-19+. The summed E-state index contributed by atoms with van der Waals surface area (Å²) in [6.45, 7) is 2.14. The molecule has 3 atom stereocenters. The van der Waals surface area contributed by atoms with Gasteiger partial charge in [0.1, 0.15) is 18.1 Å². The number of urea groups is 1. The van der Waals surface area contributed by atoms with Gasteiger partial charge in [-0.15, -0.1) is 0 Å². The summed E-state index contributed by atoms with van der Waals surface area (Å²) in [5, 5.41) is 26.1. The Kier molecular flexibility index (Phi) is 18.6. The van der Waals surface area contributed by atoms with Crippen LogP contribution in [0, 0.1) is 6.92 Å². The fraction of sp³-hybridized carbons (Fsp3) is 0.289. The molecule has 6 amide bonds. The van der Waals surface area contributed by atoms with Crippen molar-refractivity contribution >= 4 is 59.0 Å². The van der Waals surface area contributed by atoms with Gasteiger partial charge in [-0.2, -0.15) is 0 Å². The molecule has 7 N–H and O–H groups in total. The van der Waals surface area contributed by atoms with E-state index < -0.39 is 53.8 Å². The molecular formula is C45H51N7O9. The predicted octanol–water partition coefficient (Wildman–Crippen LogP) is 4.31. The Labute approximate surface area is 353 Å². The van der Waals surface area contributed by atoms with Crippen molar-refractivity contribution < 1.29 is 43.4 Å². The molecule has 0 aliphatic carbocycles. The number of nitrogens with zero attached hydrogens (tertiary/aromatic N) is 1. The molecule has 4 rings (SSSR count). The predicted molar refractivity (Wildman–Crippen MR) is 229 cm³/mol. The zero-order chi connectivity index (χ0) is 44.0. The van der Waals surface area contributed by atoms with E-state index in [1.165, 1.54) is 13.2 Å². The number of carboxylic acids is 1. The second kappa shape index (κ2) is 24.5. The molecule has 16 nitrogen and oxygen atoms in total. The number of unbranched alkanes of at least 4 members (excludes halogenated alkanes) is 1. The van der Waals surface area contributed by atoms with Crippen LogP contribution in [0.15, 0.2) is 109 Å². The van der Waals surface area contributed by atoms with Gasteiger partial charge in [0, 0.05) is 49.2 Å². The van der Waals surface area contributed by atoms with Crippen molar-refractivity contribution in [1.29, 1.82) is 0 Å². The molecule has 4 aromatic rings. The first-order chi connectivity index (χ1) is 29.4. The third-order valence-electron chi connectivity index (χ3n) is 9.35. The van der Waals surface area contributed by atoms with Gasteiger partial charge in [0.25, 0.3) is 0 Å². The van der Waals surface area contributed by atoms with E-state index in [9.17, 15) is 38.7 Å². The summed E-state index contributed by atoms with van der Waals surface area (Å²) in [7, 11) is 1.18. The van der Waals surface area contributed by atoms with Crippen LogP contribution in [0.5, 0.6) is 0 Å². The average molecular weight is 834 g/mol. The monoisotopic (exact) mass is 833 g/mol. The molecule has 0 saturated heterocycles. The maximum atomic E-state index is 13.9. The molecular weight excluding hydrogens is 783 g/mol. The second-order valence-electron chi connectivity index (χ2n) is 14.1. The third-order valence-corrected chi connectivity index (χ3v) is 9.35. The van der Waals surface area contributed by atoms with Crippen LogP contribution in [-0.4, -0.2) is 83.5 Å². The van der Waals surface area contributed by atoms with Gasteiger partial charge in [-0.3, -0.25) is 29.0 Å². The van der Waals surface area contributed by atoms with Crippen molar-refractivity contribution in [3.8, 4) is 0 Å². The number of methoxy groups -OCH3 is 1. The molecule has 1 heterocycles. The maximum Gasteiger partial charge on any atom is 0.326 e. The number of pyridine rings is 1. The molecule has 0 fully saturated rings. The number of hydrogen-bond donors (Lipinski definition) is 7. The SMILES string of the molecule is COC(=O)CCC(NC(=O)C(CCCCNC(=O)/C=C/c1cccnc1)NC(=O)Cc1ccc(NC(=O)Nc2ccccc2C)cc1)C(=O)NC(Cc1ccccc1)C(=O)O. The molecule has 320 valence electrons. The van der Waals surface area contributed by atoms with Gasteiger partial charge in [0.15, 0.2) is 0 Å². The third kappa shape index (κ3) is 16.8. The van der Waals surface area contributed by atoms with E-state index in [0.717, 1.165) is 11.1 Å². The first kappa shape index (κ1) is 46.3. The number of aliphatic carboxylic acids is 1. The van der Waals surface area contributed by atoms with E-state index in [0.29, 0.717) is 35.3 Å². The number of benzene rings is 3. The number of rotatable bonds is 22. The number of anilines is 2. The van der Waals surface area contributed by atoms with Gasteiger partial charge >= 0.3 is 18.0 Å². The van der Waals surface area contributed by atoms with Crippen molar-refractivity contribution in [2.45, 2.75) is 70.0 Å². The lowest BCUT2D eigenvalue weighted by molar-refractivity contribution is -0.143. The Morgan fingerprint density at radius 2 is 1.43 bits per heavy atom. The molecule has 0 bridgehead atoms. The minimum atomic E-state index is -1.36. The van der Waals surface area contributed by atoms with Crippen molar-refractivity contribution in [2.24, 2.45) is 0 Å². The highest BCUT2D eigenvalue weighted by molar-refractivity contribution is 6.00. The van der Waals surface area contributed by atoms with E-state index >= 15 is 0 Å². The fourth-order valence-corrected chi connectivity index (χ4v) is 6.02. The van der Waals surface area contributed by atoms with E-state index in [1.807, 2.05) is 25.1 Å². The minimum absolute atomic E-state index is 0.0360. The summed E-state index contributed by atoms with van der Waals surface area (Å²) in [5.41, 5.74) is 4.03. The summed E-state index contributed by atoms with van der Waals surface area (Å²) in [5.74, 6) is -4.37. The zero-order valence-corrected chi connectivity index (χ0v) is 34.0. The van der Waals surface area contributed by atoms with Crippen LogP contribution in [-0.2, 0) is 46.3 Å². The van der Waals surface area contributed by atoms with E-state index in [1.54, 1.807) is 91.3 Å². The molecule has 16 heteroatoms. The highest BCUT2D eigenvalue weighted by atomic mass is 16.5. The number of para-hydroxylation sites is 1. The van der Waals surface area contributed by atoms with Crippen molar-refractivity contribution in [3.05, 3.63) is 132 Å². The van der Waals surface area contributed by atoms with E-state index in [-0.39, 0.29) is 44.6 Å². The number of nitrogens with one attached hydrogen (secondary N) is 6. The molecule has 0 aliphatic rings. The molecule has 61 heavy (non-hydrogen) atoms. The summed E-state index contributed by atoms with van der Waals surface area (Å²) >= 11 is 0. The van der Waals surface area contributed by atoms with Gasteiger partial charge in [-0.1, -0.05) is 66.7 Å². The number of carboxylic acid groups (broad SMARTS) is 1. The second-order valence-corrected chi connectivity index (χ2v) is 14.1. The van der Waals surface area contributed by atoms with Crippen LogP contribution >= 0.6 is 0 Å². The number of carbonyl (C=O) groups excluding carboxylic acids is 6. The smallest absolute Gasteiger partial charge is 0.326 e. The Balaban J connectivity index is 1.42. The summed E-state index contributed by atoms with van der Waals surface area (Å²) in [6, 6.07) is 21.8. The van der Waals surface area contributed by atoms with Crippen molar-refractivity contribution in [3.63, 3.8) is 0 Å². The molecule has 0 saturated carbocycles. The topological polar surface area (TPSA) is 234 Å². The van der Waals surface area contributed by atoms with Gasteiger partial charge in [-0.25, -0.2) is 9.59 Å². The zero-order valence-electron chi connectivity index (χ0n) is 34.0. The van der Waals surface area contributed by atoms with Crippen LogP contribution in [0.4, 0.5) is 16.2 Å². The quantitative estimate of drug-likeness (QED) is 0.0337.